The number of hydrogen-bond donors (Lipinski definition) is 1. The highest BCUT2D eigenvalue weighted by atomic mass is 32.2. The van der Waals surface area contributed by atoms with Crippen LogP contribution in [0.4, 0.5) is 5.82 Å². The molecule has 3 rings (SSSR count). The van der Waals surface area contributed by atoms with E-state index in [2.05, 4.69) is 58.2 Å². The number of anilines is 1. The van der Waals surface area contributed by atoms with Gasteiger partial charge in [0.2, 0.25) is 0 Å². The third kappa shape index (κ3) is 3.37. The molecule has 23 heavy (non-hydrogen) atoms. The van der Waals surface area contributed by atoms with E-state index in [0.29, 0.717) is 13.1 Å². The first-order chi connectivity index (χ1) is 11.2. The number of nitrogens with one attached hydrogen (secondary N) is 1. The van der Waals surface area contributed by atoms with Crippen molar-refractivity contribution in [2.24, 2.45) is 0 Å². The molecular formula is C17H19N5S. The van der Waals surface area contributed by atoms with Crippen LogP contribution in [0.25, 0.3) is 11.0 Å². The van der Waals surface area contributed by atoms with Crippen molar-refractivity contribution in [2.45, 2.75) is 25.2 Å². The molecule has 1 aromatic carbocycles. The summed E-state index contributed by atoms with van der Waals surface area (Å²) in [4.78, 5) is 9.15. The van der Waals surface area contributed by atoms with Gasteiger partial charge in [0.25, 0.3) is 0 Å². The highest BCUT2D eigenvalue weighted by Crippen LogP contribution is 2.24. The van der Waals surface area contributed by atoms with Crippen molar-refractivity contribution < 1.29 is 0 Å². The Morgan fingerprint density at radius 3 is 2.74 bits per heavy atom. The second-order valence-electron chi connectivity index (χ2n) is 5.25. The van der Waals surface area contributed by atoms with Crippen LogP contribution < -0.4 is 5.32 Å². The molecule has 6 heteroatoms. The number of aryl methyl sites for hydroxylation is 1. The van der Waals surface area contributed by atoms with E-state index < -0.39 is 0 Å². The maximum atomic E-state index is 4.59. The van der Waals surface area contributed by atoms with Crippen LogP contribution in [0.2, 0.25) is 0 Å². The fraction of sp³-hybridized carbons (Fsp3) is 0.235. The fourth-order valence-corrected chi connectivity index (χ4v) is 2.67. The first-order valence-electron chi connectivity index (χ1n) is 7.39. The monoisotopic (exact) mass is 325 g/mol. The van der Waals surface area contributed by atoms with Crippen molar-refractivity contribution in [3.8, 4) is 0 Å². The second kappa shape index (κ2) is 6.83. The Kier molecular flexibility index (Phi) is 4.62. The molecule has 0 aliphatic carbocycles. The molecule has 2 heterocycles. The van der Waals surface area contributed by atoms with Gasteiger partial charge in [-0.2, -0.15) is 5.10 Å². The van der Waals surface area contributed by atoms with E-state index in [1.807, 2.05) is 17.0 Å². The number of fused-ring (bicyclic) bond motifs is 1. The van der Waals surface area contributed by atoms with Gasteiger partial charge in [-0.1, -0.05) is 47.7 Å². The van der Waals surface area contributed by atoms with Crippen LogP contribution in [0.15, 0.2) is 48.3 Å². The lowest BCUT2D eigenvalue weighted by atomic mass is 10.1. The molecule has 0 aliphatic heterocycles. The van der Waals surface area contributed by atoms with Crippen molar-refractivity contribution in [1.29, 1.82) is 0 Å². The zero-order valence-electron chi connectivity index (χ0n) is 13.3. The third-order valence-corrected chi connectivity index (χ3v) is 4.09. The highest BCUT2D eigenvalue weighted by molar-refractivity contribution is 7.98. The van der Waals surface area contributed by atoms with Crippen LogP contribution in [0, 0.1) is 6.92 Å². The van der Waals surface area contributed by atoms with Gasteiger partial charge in [0, 0.05) is 6.54 Å². The molecule has 0 atom stereocenters. The lowest BCUT2D eigenvalue weighted by Gasteiger charge is -2.09. The van der Waals surface area contributed by atoms with Gasteiger partial charge in [0.1, 0.15) is 5.82 Å². The number of hydrogen-bond acceptors (Lipinski definition) is 5. The normalized spacial score (nSPS) is 10.9. The van der Waals surface area contributed by atoms with Crippen LogP contribution in [0.5, 0.6) is 0 Å². The number of rotatable bonds is 6. The van der Waals surface area contributed by atoms with E-state index >= 15 is 0 Å². The molecule has 0 unspecified atom stereocenters. The van der Waals surface area contributed by atoms with Gasteiger partial charge in [-0.3, -0.25) is 0 Å². The smallest absolute Gasteiger partial charge is 0.191 e. The van der Waals surface area contributed by atoms with Crippen LogP contribution in [0.3, 0.4) is 0 Å². The molecule has 0 bridgehead atoms. The van der Waals surface area contributed by atoms with Crippen LogP contribution in [0.1, 0.15) is 11.1 Å². The first kappa shape index (κ1) is 15.6. The minimum atomic E-state index is 0.631. The summed E-state index contributed by atoms with van der Waals surface area (Å²) >= 11 is 1.52. The van der Waals surface area contributed by atoms with Gasteiger partial charge in [0.05, 0.1) is 18.1 Å². The fourth-order valence-electron chi connectivity index (χ4n) is 2.31. The third-order valence-electron chi connectivity index (χ3n) is 3.54. The quantitative estimate of drug-likeness (QED) is 0.426. The molecule has 0 radical (unpaired) electrons. The van der Waals surface area contributed by atoms with E-state index in [1.54, 1.807) is 6.20 Å². The Morgan fingerprint density at radius 2 is 2.04 bits per heavy atom. The van der Waals surface area contributed by atoms with Crippen LogP contribution >= 0.6 is 11.8 Å². The van der Waals surface area contributed by atoms with Crippen molar-refractivity contribution in [3.05, 3.63) is 54.2 Å². The summed E-state index contributed by atoms with van der Waals surface area (Å²) in [5.74, 6) is 0.815. The molecule has 3 aromatic rings. The van der Waals surface area contributed by atoms with E-state index in [9.17, 15) is 0 Å². The predicted molar refractivity (Wildman–Crippen MR) is 95.8 cm³/mol. The van der Waals surface area contributed by atoms with Crippen molar-refractivity contribution >= 4 is 28.6 Å². The lowest BCUT2D eigenvalue weighted by Crippen LogP contribution is -2.05. The Morgan fingerprint density at radius 1 is 1.26 bits per heavy atom. The Labute approximate surface area is 139 Å². The van der Waals surface area contributed by atoms with Crippen LogP contribution in [-0.4, -0.2) is 26.0 Å². The average Bonchev–Trinajstić information content (AvgIpc) is 2.97. The van der Waals surface area contributed by atoms with E-state index in [-0.39, 0.29) is 0 Å². The lowest BCUT2D eigenvalue weighted by molar-refractivity contribution is 0.715. The van der Waals surface area contributed by atoms with Gasteiger partial charge in [-0.05, 0) is 18.7 Å². The Bertz CT molecular complexity index is 823. The predicted octanol–water partition coefficient (Wildman–Crippen LogP) is 3.65. The zero-order valence-corrected chi connectivity index (χ0v) is 14.1. The summed E-state index contributed by atoms with van der Waals surface area (Å²) in [6.07, 6.45) is 5.59. The molecule has 0 aliphatic rings. The Balaban J connectivity index is 1.92. The molecule has 0 fully saturated rings. The average molecular weight is 325 g/mol. The Hall–Kier alpha value is -2.34. The number of allylic oxidation sites excluding steroid dienone is 1. The van der Waals surface area contributed by atoms with Gasteiger partial charge in [0.15, 0.2) is 10.8 Å². The van der Waals surface area contributed by atoms with Gasteiger partial charge in [-0.25, -0.2) is 14.6 Å². The minimum absolute atomic E-state index is 0.631. The van der Waals surface area contributed by atoms with E-state index in [1.165, 1.54) is 22.9 Å². The van der Waals surface area contributed by atoms with Crippen LogP contribution in [-0.2, 0) is 13.1 Å². The van der Waals surface area contributed by atoms with Crippen molar-refractivity contribution in [3.63, 3.8) is 0 Å². The second-order valence-corrected chi connectivity index (χ2v) is 6.02. The summed E-state index contributed by atoms with van der Waals surface area (Å²) in [7, 11) is 0. The highest BCUT2D eigenvalue weighted by Gasteiger charge is 2.12. The largest absolute Gasteiger partial charge is 0.365 e. The van der Waals surface area contributed by atoms with E-state index in [0.717, 1.165) is 22.0 Å². The number of benzene rings is 1. The van der Waals surface area contributed by atoms with E-state index in [4.69, 9.17) is 0 Å². The maximum Gasteiger partial charge on any atom is 0.191 e. The topological polar surface area (TPSA) is 55.6 Å². The summed E-state index contributed by atoms with van der Waals surface area (Å²) < 4.78 is 1.83. The zero-order chi connectivity index (χ0) is 16.2. The number of aromatic nitrogens is 4. The molecule has 1 N–H and O–H groups in total. The summed E-state index contributed by atoms with van der Waals surface area (Å²) in [5, 5.41) is 9.45. The van der Waals surface area contributed by atoms with Gasteiger partial charge in [-0.15, -0.1) is 6.58 Å². The molecule has 0 amide bonds. The standard InChI is InChI=1S/C17H19N5S/c1-4-9-22-16-14(11-19-22)15(20-17(21-16)23-3)18-10-13-7-5-12(2)6-8-13/h4-8,11H,1,9-10H2,2-3H3,(H,18,20,21). The molecule has 0 saturated heterocycles. The molecular weight excluding hydrogens is 306 g/mol. The molecule has 0 spiro atoms. The molecule has 0 saturated carbocycles. The van der Waals surface area contributed by atoms with Gasteiger partial charge < -0.3 is 5.32 Å². The number of thioether (sulfide) groups is 1. The van der Waals surface area contributed by atoms with Crippen molar-refractivity contribution in [1.82, 2.24) is 19.7 Å². The van der Waals surface area contributed by atoms with Gasteiger partial charge >= 0.3 is 0 Å². The van der Waals surface area contributed by atoms with Crippen molar-refractivity contribution in [2.75, 3.05) is 11.6 Å². The summed E-state index contributed by atoms with van der Waals surface area (Å²) in [5.41, 5.74) is 3.30. The molecule has 2 aromatic heterocycles. The SMILES string of the molecule is C=CCn1ncc2c(NCc3ccc(C)cc3)nc(SC)nc21. The molecule has 5 nitrogen and oxygen atoms in total. The summed E-state index contributed by atoms with van der Waals surface area (Å²) in [6, 6.07) is 8.47. The first-order valence-corrected chi connectivity index (χ1v) is 8.61. The maximum absolute atomic E-state index is 4.59. The summed E-state index contributed by atoms with van der Waals surface area (Å²) in [6.45, 7) is 7.20. The minimum Gasteiger partial charge on any atom is -0.365 e. The molecule has 118 valence electrons. The number of nitrogens with zero attached hydrogens (tertiary/aromatic N) is 4.